The molecule has 0 unspecified atom stereocenters. The van der Waals surface area contributed by atoms with E-state index < -0.39 is 14.3 Å². The Balaban J connectivity index is 1.58. The van der Waals surface area contributed by atoms with Gasteiger partial charge in [0.1, 0.15) is 0 Å². The van der Waals surface area contributed by atoms with Crippen molar-refractivity contribution < 1.29 is 9.13 Å². The molecule has 1 atom stereocenters. The Morgan fingerprint density at radius 3 is 1.15 bits per heavy atom. The molecular formula is C38H34Cl4O2P2. The first-order chi connectivity index (χ1) is 21.5. The van der Waals surface area contributed by atoms with E-state index in [9.17, 15) is 0 Å². The summed E-state index contributed by atoms with van der Waals surface area (Å²) in [6.45, 7) is 12.7. The van der Waals surface area contributed by atoms with Crippen LogP contribution in [-0.2, 0) is 9.13 Å². The third-order valence-electron chi connectivity index (χ3n) is 10.1. The van der Waals surface area contributed by atoms with Crippen LogP contribution in [0.3, 0.4) is 0 Å². The van der Waals surface area contributed by atoms with Gasteiger partial charge in [-0.25, -0.2) is 0 Å². The highest BCUT2D eigenvalue weighted by atomic mass is 35.5. The van der Waals surface area contributed by atoms with Gasteiger partial charge in [-0.2, -0.15) is 0 Å². The van der Waals surface area contributed by atoms with Crippen molar-refractivity contribution in [1.82, 2.24) is 0 Å². The van der Waals surface area contributed by atoms with Gasteiger partial charge in [0, 0.05) is 62.9 Å². The van der Waals surface area contributed by atoms with Crippen molar-refractivity contribution >= 4 is 81.9 Å². The molecule has 0 radical (unpaired) electrons. The molecule has 2 nitrogen and oxygen atoms in total. The molecule has 1 spiro atoms. The summed E-state index contributed by atoms with van der Waals surface area (Å²) in [4.78, 5) is 0. The highest BCUT2D eigenvalue weighted by Gasteiger charge is 2.88. The van der Waals surface area contributed by atoms with Crippen molar-refractivity contribution in [3.8, 4) is 0 Å². The van der Waals surface area contributed by atoms with E-state index in [-0.39, 0.29) is 16.2 Å². The zero-order valence-electron chi connectivity index (χ0n) is 26.5. The molecule has 0 aliphatic heterocycles. The molecule has 4 aromatic carbocycles. The van der Waals surface area contributed by atoms with Gasteiger partial charge in [0.2, 0.25) is 0 Å². The maximum absolute atomic E-state index is 15.5. The Hall–Kier alpha value is -2.24. The Bertz CT molecular complexity index is 1970. The van der Waals surface area contributed by atoms with Crippen molar-refractivity contribution in [2.75, 3.05) is 0 Å². The number of rotatable bonds is 6. The second-order valence-electron chi connectivity index (χ2n) is 13.2. The Kier molecular flexibility index (Phi) is 8.36. The van der Waals surface area contributed by atoms with Crippen LogP contribution in [0.15, 0.2) is 125 Å². The fourth-order valence-corrected chi connectivity index (χ4v) is 13.9. The zero-order valence-corrected chi connectivity index (χ0v) is 31.3. The normalized spacial score (nSPS) is 20.7. The molecule has 2 aliphatic rings. The molecule has 6 rings (SSSR count). The van der Waals surface area contributed by atoms with E-state index >= 15 is 9.13 Å². The Labute approximate surface area is 291 Å². The maximum Gasteiger partial charge on any atom is 0.174 e. The molecule has 8 heteroatoms. The van der Waals surface area contributed by atoms with Gasteiger partial charge in [0.25, 0.3) is 0 Å². The monoisotopic (exact) mass is 724 g/mol. The van der Waals surface area contributed by atoms with Crippen molar-refractivity contribution in [3.05, 3.63) is 145 Å². The fraction of sp³-hybridized carbons (Fsp3) is 0.237. The quantitative estimate of drug-likeness (QED) is 0.146. The van der Waals surface area contributed by atoms with Gasteiger partial charge in [-0.1, -0.05) is 74.1 Å². The maximum atomic E-state index is 15.5. The molecular weight excluding hydrogens is 692 g/mol. The fourth-order valence-electron chi connectivity index (χ4n) is 7.91. The van der Waals surface area contributed by atoms with Gasteiger partial charge in [0.05, 0.1) is 0 Å². The van der Waals surface area contributed by atoms with E-state index in [0.29, 0.717) is 46.6 Å². The van der Waals surface area contributed by atoms with E-state index in [4.69, 9.17) is 46.4 Å². The minimum absolute atomic E-state index is 0.302. The molecule has 0 bridgehead atoms. The standard InChI is InChI=1S/C38H34Cl4O2P2/c1-24(45(43,30-15-7-26(39)8-16-30)31-17-9-27(40)10-18-31)23-34-36(3,4)38(34)35(37(38,5)6)25(2)46(44,32-19-11-28(41)12-20-32)33-21-13-29(42)14-22-33/h7-22H,1-6H3/b35-25+/t23?,38-/m1/s1. The van der Waals surface area contributed by atoms with E-state index in [1.54, 1.807) is 48.5 Å². The number of hydrogen-bond acceptors (Lipinski definition) is 2. The van der Waals surface area contributed by atoms with Crippen molar-refractivity contribution in [1.29, 1.82) is 0 Å². The largest absolute Gasteiger partial charge is 0.309 e. The van der Waals surface area contributed by atoms with Crippen LogP contribution in [0.25, 0.3) is 0 Å². The van der Waals surface area contributed by atoms with Gasteiger partial charge in [-0.05, 0) is 127 Å². The zero-order chi connectivity index (χ0) is 33.4. The average Bonchev–Trinajstić information content (AvgIpc) is 3.75. The SMILES string of the molecule is CC(=C=C1C(C)(C)[C@]12/C(=C(\C)P(=O)(c1ccc(Cl)cc1)c1ccc(Cl)cc1)C2(C)C)P(=O)(c1ccc(Cl)cc1)c1ccc(Cl)cc1. The molecule has 2 saturated carbocycles. The van der Waals surface area contributed by atoms with Crippen LogP contribution in [0.1, 0.15) is 41.5 Å². The molecule has 4 aromatic rings. The predicted octanol–water partition coefficient (Wildman–Crippen LogP) is 11.4. The summed E-state index contributed by atoms with van der Waals surface area (Å²) in [5.41, 5.74) is 4.91. The first kappa shape index (κ1) is 33.7. The molecule has 2 fully saturated rings. The van der Waals surface area contributed by atoms with Gasteiger partial charge in [-0.3, -0.25) is 0 Å². The summed E-state index contributed by atoms with van der Waals surface area (Å²) < 4.78 is 30.7. The summed E-state index contributed by atoms with van der Waals surface area (Å²) in [7, 11) is -6.59. The van der Waals surface area contributed by atoms with Crippen molar-refractivity contribution in [2.45, 2.75) is 41.5 Å². The van der Waals surface area contributed by atoms with Gasteiger partial charge >= 0.3 is 0 Å². The van der Waals surface area contributed by atoms with E-state index in [1.165, 1.54) is 0 Å². The highest BCUT2D eigenvalue weighted by molar-refractivity contribution is 7.82. The summed E-state index contributed by atoms with van der Waals surface area (Å²) in [5.74, 6) is 0. The molecule has 0 heterocycles. The lowest BCUT2D eigenvalue weighted by Crippen LogP contribution is -2.17. The lowest BCUT2D eigenvalue weighted by atomic mass is 10.0. The third-order valence-corrected chi connectivity index (χ3v) is 17.5. The number of allylic oxidation sites excluding steroid dienone is 3. The molecule has 2 aliphatic carbocycles. The van der Waals surface area contributed by atoms with Gasteiger partial charge in [0.15, 0.2) is 14.3 Å². The lowest BCUT2D eigenvalue weighted by Gasteiger charge is -2.21. The topological polar surface area (TPSA) is 34.1 Å². The van der Waals surface area contributed by atoms with E-state index in [1.807, 2.05) is 62.4 Å². The summed E-state index contributed by atoms with van der Waals surface area (Å²) >= 11 is 25.0. The van der Waals surface area contributed by atoms with Gasteiger partial charge in [-0.15, -0.1) is 5.73 Å². The predicted molar refractivity (Wildman–Crippen MR) is 198 cm³/mol. The van der Waals surface area contributed by atoms with Crippen LogP contribution in [0.5, 0.6) is 0 Å². The third kappa shape index (κ3) is 4.84. The minimum atomic E-state index is -3.30. The lowest BCUT2D eigenvalue weighted by molar-refractivity contribution is 0.451. The number of hydrogen-bond donors (Lipinski definition) is 0. The van der Waals surface area contributed by atoms with Crippen LogP contribution in [0.4, 0.5) is 0 Å². The van der Waals surface area contributed by atoms with Gasteiger partial charge < -0.3 is 9.13 Å². The molecule has 0 aromatic heterocycles. The van der Waals surface area contributed by atoms with E-state index in [0.717, 1.165) is 16.5 Å². The smallest absolute Gasteiger partial charge is 0.174 e. The van der Waals surface area contributed by atoms with Crippen LogP contribution >= 0.6 is 60.7 Å². The summed E-state index contributed by atoms with van der Waals surface area (Å²) in [6, 6.07) is 28.9. The summed E-state index contributed by atoms with van der Waals surface area (Å²) in [5, 5.41) is 6.59. The van der Waals surface area contributed by atoms with Crippen molar-refractivity contribution in [2.24, 2.45) is 16.2 Å². The number of benzene rings is 4. The van der Waals surface area contributed by atoms with Crippen LogP contribution in [0.2, 0.25) is 20.1 Å². The van der Waals surface area contributed by atoms with Crippen molar-refractivity contribution in [3.63, 3.8) is 0 Å². The second kappa shape index (κ2) is 11.4. The van der Waals surface area contributed by atoms with E-state index in [2.05, 4.69) is 33.4 Å². The van der Waals surface area contributed by atoms with Crippen LogP contribution < -0.4 is 21.2 Å². The highest BCUT2D eigenvalue weighted by Crippen LogP contribution is 2.94. The molecule has 0 amide bonds. The first-order valence-corrected chi connectivity index (χ1v) is 19.9. The molecule has 46 heavy (non-hydrogen) atoms. The average molecular weight is 726 g/mol. The number of halogens is 4. The second-order valence-corrected chi connectivity index (χ2v) is 20.8. The Morgan fingerprint density at radius 1 is 0.522 bits per heavy atom. The summed E-state index contributed by atoms with van der Waals surface area (Å²) in [6.07, 6.45) is 0. The Morgan fingerprint density at radius 2 is 0.826 bits per heavy atom. The van der Waals surface area contributed by atoms with Crippen LogP contribution in [0, 0.1) is 16.2 Å². The molecule has 0 N–H and O–H groups in total. The molecule has 236 valence electrons. The first-order valence-electron chi connectivity index (χ1n) is 15.0. The van der Waals surface area contributed by atoms with Crippen LogP contribution in [-0.4, -0.2) is 0 Å². The molecule has 0 saturated heterocycles. The minimum Gasteiger partial charge on any atom is -0.309 e.